The van der Waals surface area contributed by atoms with E-state index in [-0.39, 0.29) is 11.5 Å². The maximum atomic E-state index is 13.1. The quantitative estimate of drug-likeness (QED) is 0.756. The summed E-state index contributed by atoms with van der Waals surface area (Å²) in [5.41, 5.74) is 4.77. The maximum absolute atomic E-state index is 13.1. The van der Waals surface area contributed by atoms with Crippen molar-refractivity contribution in [1.29, 1.82) is 0 Å². The fourth-order valence-electron chi connectivity index (χ4n) is 1.50. The van der Waals surface area contributed by atoms with Crippen molar-refractivity contribution in [2.45, 2.75) is 6.54 Å². The van der Waals surface area contributed by atoms with Crippen LogP contribution in [0.5, 0.6) is 0 Å². The third-order valence-corrected chi connectivity index (χ3v) is 2.61. The Morgan fingerprint density at radius 2 is 2.26 bits per heavy atom. The molecule has 0 unspecified atom stereocenters. The number of nitrogens with one attached hydrogen (secondary N) is 1. The molecule has 2 aromatic heterocycles. The molecule has 8 heteroatoms. The van der Waals surface area contributed by atoms with Gasteiger partial charge in [0.2, 0.25) is 5.82 Å². The van der Waals surface area contributed by atoms with Crippen molar-refractivity contribution in [2.24, 2.45) is 5.73 Å². The summed E-state index contributed by atoms with van der Waals surface area (Å²) >= 11 is 4.79. The topological polar surface area (TPSA) is 93.8 Å². The van der Waals surface area contributed by atoms with Gasteiger partial charge in [-0.25, -0.2) is 4.79 Å². The number of aromatic nitrogens is 3. The van der Waals surface area contributed by atoms with E-state index in [4.69, 9.17) is 18.0 Å². The highest BCUT2D eigenvalue weighted by Gasteiger charge is 2.06. The molecule has 0 aliphatic rings. The zero-order valence-electron chi connectivity index (χ0n) is 9.59. The normalized spacial score (nSPS) is 10.4. The molecule has 0 spiro atoms. The number of hydrogen-bond donors (Lipinski definition) is 2. The molecule has 6 nitrogen and oxygen atoms in total. The van der Waals surface area contributed by atoms with Crippen LogP contribution in [0.1, 0.15) is 11.3 Å². The molecule has 0 saturated heterocycles. The fourth-order valence-corrected chi connectivity index (χ4v) is 1.62. The first-order valence-corrected chi connectivity index (χ1v) is 5.62. The van der Waals surface area contributed by atoms with E-state index in [1.54, 1.807) is 12.1 Å². The van der Waals surface area contributed by atoms with Gasteiger partial charge in [0.1, 0.15) is 4.99 Å². The van der Waals surface area contributed by atoms with Gasteiger partial charge in [0, 0.05) is 6.20 Å². The molecule has 0 radical (unpaired) electrons. The summed E-state index contributed by atoms with van der Waals surface area (Å²) < 4.78 is 14.1. The molecule has 0 amide bonds. The summed E-state index contributed by atoms with van der Waals surface area (Å²) in [6.07, 6.45) is 2.33. The maximum Gasteiger partial charge on any atom is 0.328 e. The Bertz CT molecular complexity index is 753. The summed E-state index contributed by atoms with van der Waals surface area (Å²) in [6, 6.07) is 3.23. The number of nitrogens with two attached hydrogens (primary N) is 1. The molecular weight excluding hydrogens is 271 g/mol. The van der Waals surface area contributed by atoms with Gasteiger partial charge in [-0.15, -0.1) is 0 Å². The second kappa shape index (κ2) is 5.11. The molecule has 2 aromatic rings. The molecule has 0 aliphatic heterocycles. The molecule has 0 atom stereocenters. The lowest BCUT2D eigenvalue weighted by Crippen LogP contribution is -2.31. The van der Waals surface area contributed by atoms with Gasteiger partial charge in [-0.1, -0.05) is 12.2 Å². The van der Waals surface area contributed by atoms with Crippen molar-refractivity contribution in [1.82, 2.24) is 14.5 Å². The minimum absolute atomic E-state index is 0.0741. The lowest BCUT2D eigenvalue weighted by Gasteiger charge is -2.06. The molecule has 0 bridgehead atoms. The average Bonchev–Trinajstić information content (AvgIpc) is 2.36. The number of pyridine rings is 1. The second-order valence-corrected chi connectivity index (χ2v) is 4.22. The first-order chi connectivity index (χ1) is 8.97. The van der Waals surface area contributed by atoms with Crippen LogP contribution in [0.3, 0.4) is 0 Å². The Labute approximate surface area is 111 Å². The number of rotatable bonds is 3. The summed E-state index contributed by atoms with van der Waals surface area (Å²) in [5.74, 6) is -1.02. The van der Waals surface area contributed by atoms with Crippen LogP contribution in [0, 0.1) is 5.82 Å². The predicted octanol–water partition coefficient (Wildman–Crippen LogP) is -0.247. The number of nitrogens with zero attached hydrogens (tertiary/aromatic N) is 2. The van der Waals surface area contributed by atoms with Gasteiger partial charge >= 0.3 is 5.69 Å². The largest absolute Gasteiger partial charge is 0.388 e. The van der Waals surface area contributed by atoms with Crippen LogP contribution in [0.25, 0.3) is 0 Å². The SMILES string of the molecule is NC(=S)c1cc(Cn2cc(F)c(=O)[nH]c2=O)ccn1. The highest BCUT2D eigenvalue weighted by molar-refractivity contribution is 7.80. The Balaban J connectivity index is 2.39. The fraction of sp³-hybridized carbons (Fsp3) is 0.0909. The molecule has 2 rings (SSSR count). The van der Waals surface area contributed by atoms with Gasteiger partial charge < -0.3 is 5.73 Å². The van der Waals surface area contributed by atoms with E-state index in [1.807, 2.05) is 4.98 Å². The highest BCUT2D eigenvalue weighted by Crippen LogP contribution is 2.03. The lowest BCUT2D eigenvalue weighted by molar-refractivity contribution is 0.566. The molecule has 19 heavy (non-hydrogen) atoms. The van der Waals surface area contributed by atoms with Crippen LogP contribution < -0.4 is 17.0 Å². The Kier molecular flexibility index (Phi) is 3.52. The monoisotopic (exact) mass is 280 g/mol. The third kappa shape index (κ3) is 2.91. The second-order valence-electron chi connectivity index (χ2n) is 3.78. The van der Waals surface area contributed by atoms with Gasteiger partial charge in [0.05, 0.1) is 18.4 Å². The van der Waals surface area contributed by atoms with Gasteiger partial charge in [-0.3, -0.25) is 19.3 Å². The van der Waals surface area contributed by atoms with Gasteiger partial charge in [0.25, 0.3) is 5.56 Å². The Hall–Kier alpha value is -2.35. The van der Waals surface area contributed by atoms with E-state index in [1.165, 1.54) is 6.20 Å². The minimum Gasteiger partial charge on any atom is -0.388 e. The van der Waals surface area contributed by atoms with Crippen LogP contribution in [0.15, 0.2) is 34.1 Å². The van der Waals surface area contributed by atoms with E-state index in [0.717, 1.165) is 10.8 Å². The van der Waals surface area contributed by atoms with Crippen molar-refractivity contribution in [3.8, 4) is 0 Å². The molecule has 0 fully saturated rings. The van der Waals surface area contributed by atoms with E-state index in [9.17, 15) is 14.0 Å². The molecule has 98 valence electrons. The third-order valence-electron chi connectivity index (χ3n) is 2.40. The van der Waals surface area contributed by atoms with Crippen molar-refractivity contribution in [2.75, 3.05) is 0 Å². The van der Waals surface area contributed by atoms with Crippen molar-refractivity contribution in [3.63, 3.8) is 0 Å². The number of aromatic amines is 1. The standard InChI is InChI=1S/C11H9FN4O2S/c12-7-5-16(11(18)15-10(7)17)4-6-1-2-14-8(3-6)9(13)19/h1-3,5H,4H2,(H2,13,19)(H,15,17,18). The van der Waals surface area contributed by atoms with Crippen LogP contribution in [-0.2, 0) is 6.54 Å². The van der Waals surface area contributed by atoms with Crippen LogP contribution in [0.2, 0.25) is 0 Å². The van der Waals surface area contributed by atoms with Crippen molar-refractivity contribution >= 4 is 17.2 Å². The molecule has 0 saturated carbocycles. The molecule has 2 heterocycles. The lowest BCUT2D eigenvalue weighted by atomic mass is 10.2. The van der Waals surface area contributed by atoms with Gasteiger partial charge in [-0.05, 0) is 17.7 Å². The molecule has 0 aliphatic carbocycles. The summed E-state index contributed by atoms with van der Waals surface area (Å²) in [4.78, 5) is 28.3. The summed E-state index contributed by atoms with van der Waals surface area (Å²) in [6.45, 7) is 0.0741. The van der Waals surface area contributed by atoms with E-state index < -0.39 is 17.1 Å². The Morgan fingerprint density at radius 3 is 2.95 bits per heavy atom. The van der Waals surface area contributed by atoms with E-state index in [2.05, 4.69) is 4.98 Å². The first kappa shape index (κ1) is 13.1. The predicted molar refractivity (Wildman–Crippen MR) is 70.5 cm³/mol. The van der Waals surface area contributed by atoms with Crippen LogP contribution >= 0.6 is 12.2 Å². The number of halogens is 1. The Morgan fingerprint density at radius 1 is 1.53 bits per heavy atom. The zero-order valence-corrected chi connectivity index (χ0v) is 10.4. The molecule has 3 N–H and O–H groups in total. The van der Waals surface area contributed by atoms with Gasteiger partial charge in [0.15, 0.2) is 0 Å². The highest BCUT2D eigenvalue weighted by atomic mass is 32.1. The number of thiocarbonyl (C=S) groups is 1. The van der Waals surface area contributed by atoms with Gasteiger partial charge in [-0.2, -0.15) is 4.39 Å². The zero-order chi connectivity index (χ0) is 14.0. The van der Waals surface area contributed by atoms with E-state index in [0.29, 0.717) is 11.3 Å². The van der Waals surface area contributed by atoms with Crippen LogP contribution in [0.4, 0.5) is 4.39 Å². The number of H-pyrrole nitrogens is 1. The number of hydrogen-bond acceptors (Lipinski definition) is 4. The smallest absolute Gasteiger partial charge is 0.328 e. The molecule has 0 aromatic carbocycles. The van der Waals surface area contributed by atoms with Crippen molar-refractivity contribution < 1.29 is 4.39 Å². The molecular formula is C11H9FN4O2S. The average molecular weight is 280 g/mol. The summed E-state index contributed by atoms with van der Waals surface area (Å²) in [5, 5.41) is 0. The van der Waals surface area contributed by atoms with E-state index >= 15 is 0 Å². The summed E-state index contributed by atoms with van der Waals surface area (Å²) in [7, 11) is 0. The first-order valence-electron chi connectivity index (χ1n) is 5.21. The van der Waals surface area contributed by atoms with Crippen LogP contribution in [-0.4, -0.2) is 19.5 Å². The minimum atomic E-state index is -1.04. The van der Waals surface area contributed by atoms with Crippen molar-refractivity contribution in [3.05, 3.63) is 62.4 Å².